The zero-order chi connectivity index (χ0) is 13.8. The Morgan fingerprint density at radius 2 is 1.89 bits per heavy atom. The summed E-state index contributed by atoms with van der Waals surface area (Å²) in [5.41, 5.74) is 8.49. The van der Waals surface area contributed by atoms with Crippen LogP contribution < -0.4 is 11.1 Å². The molecule has 0 saturated carbocycles. The standard InChI is InChI=1S/C15H15FN2S/c1-2-10-3-6-12(7-4-10)18-14-8-5-11(15(17)19)9-13(14)16/h3-9,18H,2H2,1H3,(H2,17,19). The van der Waals surface area contributed by atoms with Crippen LogP contribution in [0.5, 0.6) is 0 Å². The second kappa shape index (κ2) is 5.80. The van der Waals surface area contributed by atoms with E-state index in [4.69, 9.17) is 18.0 Å². The van der Waals surface area contributed by atoms with Crippen LogP contribution in [0.15, 0.2) is 42.5 Å². The Hall–Kier alpha value is -1.94. The van der Waals surface area contributed by atoms with Crippen molar-refractivity contribution in [3.05, 3.63) is 59.4 Å². The highest BCUT2D eigenvalue weighted by atomic mass is 32.1. The second-order valence-electron chi connectivity index (χ2n) is 4.23. The summed E-state index contributed by atoms with van der Waals surface area (Å²) < 4.78 is 13.9. The van der Waals surface area contributed by atoms with Crippen LogP contribution in [0.25, 0.3) is 0 Å². The van der Waals surface area contributed by atoms with Crippen LogP contribution in [-0.4, -0.2) is 4.99 Å². The Labute approximate surface area is 117 Å². The number of aryl methyl sites for hydroxylation is 1. The number of hydrogen-bond acceptors (Lipinski definition) is 2. The van der Waals surface area contributed by atoms with E-state index in [1.807, 2.05) is 24.3 Å². The molecule has 2 nitrogen and oxygen atoms in total. The highest BCUT2D eigenvalue weighted by Gasteiger charge is 2.05. The Balaban J connectivity index is 2.20. The van der Waals surface area contributed by atoms with Crippen molar-refractivity contribution >= 4 is 28.6 Å². The maximum Gasteiger partial charge on any atom is 0.147 e. The Morgan fingerprint density at radius 1 is 1.21 bits per heavy atom. The minimum Gasteiger partial charge on any atom is -0.389 e. The van der Waals surface area contributed by atoms with Gasteiger partial charge in [-0.25, -0.2) is 4.39 Å². The second-order valence-corrected chi connectivity index (χ2v) is 4.67. The quantitative estimate of drug-likeness (QED) is 0.834. The molecule has 2 aromatic rings. The maximum absolute atomic E-state index is 13.9. The van der Waals surface area contributed by atoms with Gasteiger partial charge in [0.2, 0.25) is 0 Å². The molecule has 0 unspecified atom stereocenters. The van der Waals surface area contributed by atoms with Crippen molar-refractivity contribution in [1.29, 1.82) is 0 Å². The van der Waals surface area contributed by atoms with E-state index in [-0.39, 0.29) is 10.8 Å². The van der Waals surface area contributed by atoms with E-state index in [0.717, 1.165) is 12.1 Å². The third-order valence-electron chi connectivity index (χ3n) is 2.89. The van der Waals surface area contributed by atoms with Crippen LogP contribution in [-0.2, 0) is 6.42 Å². The lowest BCUT2D eigenvalue weighted by Crippen LogP contribution is -2.09. The molecule has 0 heterocycles. The Kier molecular flexibility index (Phi) is 4.12. The molecule has 0 saturated heterocycles. The van der Waals surface area contributed by atoms with Gasteiger partial charge in [0.1, 0.15) is 10.8 Å². The zero-order valence-electron chi connectivity index (χ0n) is 10.6. The summed E-state index contributed by atoms with van der Waals surface area (Å²) >= 11 is 4.81. The molecule has 0 aromatic heterocycles. The number of nitrogens with two attached hydrogens (primary N) is 1. The molecular formula is C15H15FN2S. The summed E-state index contributed by atoms with van der Waals surface area (Å²) in [5, 5.41) is 3.03. The molecule has 0 fully saturated rings. The van der Waals surface area contributed by atoms with Crippen LogP contribution in [0.2, 0.25) is 0 Å². The van der Waals surface area contributed by atoms with Crippen LogP contribution in [0, 0.1) is 5.82 Å². The van der Waals surface area contributed by atoms with Crippen LogP contribution >= 0.6 is 12.2 Å². The van der Waals surface area contributed by atoms with Crippen molar-refractivity contribution in [2.75, 3.05) is 5.32 Å². The highest BCUT2D eigenvalue weighted by Crippen LogP contribution is 2.21. The molecule has 0 bridgehead atoms. The summed E-state index contributed by atoms with van der Waals surface area (Å²) in [4.78, 5) is 0.192. The van der Waals surface area contributed by atoms with Gasteiger partial charge in [-0.1, -0.05) is 31.3 Å². The third-order valence-corrected chi connectivity index (χ3v) is 3.13. The molecule has 0 atom stereocenters. The molecule has 0 amide bonds. The van der Waals surface area contributed by atoms with Crippen molar-refractivity contribution in [2.45, 2.75) is 13.3 Å². The van der Waals surface area contributed by atoms with Crippen molar-refractivity contribution in [1.82, 2.24) is 0 Å². The van der Waals surface area contributed by atoms with Gasteiger partial charge in [-0.2, -0.15) is 0 Å². The number of thiocarbonyl (C=S) groups is 1. The molecule has 2 rings (SSSR count). The number of anilines is 2. The molecule has 0 spiro atoms. The van der Waals surface area contributed by atoms with Gasteiger partial charge < -0.3 is 11.1 Å². The topological polar surface area (TPSA) is 38.0 Å². The lowest BCUT2D eigenvalue weighted by molar-refractivity contribution is 0.631. The Morgan fingerprint density at radius 3 is 2.42 bits per heavy atom. The van der Waals surface area contributed by atoms with E-state index in [0.29, 0.717) is 11.3 Å². The minimum atomic E-state index is -0.370. The monoisotopic (exact) mass is 274 g/mol. The first-order valence-electron chi connectivity index (χ1n) is 6.05. The van der Waals surface area contributed by atoms with E-state index < -0.39 is 0 Å². The van der Waals surface area contributed by atoms with Gasteiger partial charge in [0, 0.05) is 11.3 Å². The number of rotatable bonds is 4. The zero-order valence-corrected chi connectivity index (χ0v) is 11.4. The summed E-state index contributed by atoms with van der Waals surface area (Å²) in [6.45, 7) is 2.09. The number of halogens is 1. The van der Waals surface area contributed by atoms with E-state index in [9.17, 15) is 4.39 Å². The molecule has 0 radical (unpaired) electrons. The lowest BCUT2D eigenvalue weighted by atomic mass is 10.1. The van der Waals surface area contributed by atoms with E-state index in [1.54, 1.807) is 12.1 Å². The normalized spacial score (nSPS) is 10.2. The van der Waals surface area contributed by atoms with Crippen LogP contribution in [0.4, 0.5) is 15.8 Å². The first-order valence-corrected chi connectivity index (χ1v) is 6.46. The van der Waals surface area contributed by atoms with Gasteiger partial charge >= 0.3 is 0 Å². The molecular weight excluding hydrogens is 259 g/mol. The third kappa shape index (κ3) is 3.29. The smallest absolute Gasteiger partial charge is 0.147 e. The summed E-state index contributed by atoms with van der Waals surface area (Å²) in [7, 11) is 0. The highest BCUT2D eigenvalue weighted by molar-refractivity contribution is 7.80. The first kappa shape index (κ1) is 13.5. The molecule has 3 N–H and O–H groups in total. The SMILES string of the molecule is CCc1ccc(Nc2ccc(C(N)=S)cc2F)cc1. The van der Waals surface area contributed by atoms with Crippen LogP contribution in [0.1, 0.15) is 18.1 Å². The van der Waals surface area contributed by atoms with Gasteiger partial charge in [0.15, 0.2) is 0 Å². The summed E-state index contributed by atoms with van der Waals surface area (Å²) in [6, 6.07) is 12.6. The number of hydrogen-bond donors (Lipinski definition) is 2. The largest absolute Gasteiger partial charge is 0.389 e. The molecule has 19 heavy (non-hydrogen) atoms. The average molecular weight is 274 g/mol. The molecule has 98 valence electrons. The van der Waals surface area contributed by atoms with Crippen molar-refractivity contribution < 1.29 is 4.39 Å². The number of benzene rings is 2. The summed E-state index contributed by atoms with van der Waals surface area (Å²) in [5.74, 6) is -0.370. The minimum absolute atomic E-state index is 0.192. The van der Waals surface area contributed by atoms with Gasteiger partial charge in [0.25, 0.3) is 0 Å². The van der Waals surface area contributed by atoms with Gasteiger partial charge in [-0.3, -0.25) is 0 Å². The van der Waals surface area contributed by atoms with E-state index >= 15 is 0 Å². The predicted molar refractivity (Wildman–Crippen MR) is 81.4 cm³/mol. The average Bonchev–Trinajstić information content (AvgIpc) is 2.41. The predicted octanol–water partition coefficient (Wildman–Crippen LogP) is 3.77. The molecule has 4 heteroatoms. The molecule has 0 aliphatic carbocycles. The molecule has 0 aliphatic heterocycles. The Bertz CT molecular complexity index is 594. The summed E-state index contributed by atoms with van der Waals surface area (Å²) in [6.07, 6.45) is 0.983. The number of nitrogens with one attached hydrogen (secondary N) is 1. The van der Waals surface area contributed by atoms with Gasteiger partial charge in [-0.15, -0.1) is 0 Å². The fraction of sp³-hybridized carbons (Fsp3) is 0.133. The fourth-order valence-electron chi connectivity index (χ4n) is 1.75. The van der Waals surface area contributed by atoms with E-state index in [2.05, 4.69) is 12.2 Å². The van der Waals surface area contributed by atoms with E-state index in [1.165, 1.54) is 11.6 Å². The maximum atomic E-state index is 13.9. The first-order chi connectivity index (χ1) is 9.10. The van der Waals surface area contributed by atoms with Crippen molar-refractivity contribution in [3.8, 4) is 0 Å². The van der Waals surface area contributed by atoms with Crippen molar-refractivity contribution in [2.24, 2.45) is 5.73 Å². The molecule has 2 aromatic carbocycles. The van der Waals surface area contributed by atoms with Gasteiger partial charge in [-0.05, 0) is 42.3 Å². The van der Waals surface area contributed by atoms with Gasteiger partial charge in [0.05, 0.1) is 5.69 Å². The lowest BCUT2D eigenvalue weighted by Gasteiger charge is -2.09. The van der Waals surface area contributed by atoms with Crippen molar-refractivity contribution in [3.63, 3.8) is 0 Å². The fourth-order valence-corrected chi connectivity index (χ4v) is 1.88. The molecule has 0 aliphatic rings. The van der Waals surface area contributed by atoms with Crippen LogP contribution in [0.3, 0.4) is 0 Å².